The van der Waals surface area contributed by atoms with Crippen LogP contribution in [0.25, 0.3) is 6.08 Å². The van der Waals surface area contributed by atoms with E-state index < -0.39 is 37.4 Å². The number of nitro benzene ring substituents is 1. The van der Waals surface area contributed by atoms with Gasteiger partial charge in [0.1, 0.15) is 10.5 Å². The number of benzene rings is 2. The molecule has 0 aromatic heterocycles. The van der Waals surface area contributed by atoms with E-state index in [0.29, 0.717) is 5.56 Å². The molecule has 32 heavy (non-hydrogen) atoms. The highest BCUT2D eigenvalue weighted by Gasteiger charge is 2.26. The number of nitro groups is 1. The summed E-state index contributed by atoms with van der Waals surface area (Å²) < 4.78 is 35.8. The number of carbonyl (C=O) groups is 2. The fourth-order valence-electron chi connectivity index (χ4n) is 2.64. The van der Waals surface area contributed by atoms with Crippen molar-refractivity contribution in [2.45, 2.75) is 11.8 Å². The molecule has 13 heteroatoms. The SMILES string of the molecule is CCOc1cc(C=C2C(=O)NC(=S)NC2=O)ccc1OS(=O)(=O)c1cccc([N+](=O)[O-])c1. The van der Waals surface area contributed by atoms with Gasteiger partial charge in [0.15, 0.2) is 16.6 Å². The lowest BCUT2D eigenvalue weighted by molar-refractivity contribution is -0.385. The third kappa shape index (κ3) is 5.07. The van der Waals surface area contributed by atoms with Crippen LogP contribution < -0.4 is 19.6 Å². The van der Waals surface area contributed by atoms with Gasteiger partial charge in [0.05, 0.1) is 11.5 Å². The molecule has 0 radical (unpaired) electrons. The number of carbonyl (C=O) groups excluding carboxylic acids is 2. The van der Waals surface area contributed by atoms with Gasteiger partial charge in [0.25, 0.3) is 17.5 Å². The Balaban J connectivity index is 1.94. The number of nitrogens with zero attached hydrogens (tertiary/aromatic N) is 1. The summed E-state index contributed by atoms with van der Waals surface area (Å²) in [5.74, 6) is -1.54. The molecule has 2 N–H and O–H groups in total. The zero-order valence-corrected chi connectivity index (χ0v) is 18.0. The summed E-state index contributed by atoms with van der Waals surface area (Å²) >= 11 is 4.74. The van der Waals surface area contributed by atoms with Gasteiger partial charge >= 0.3 is 10.1 Å². The maximum absolute atomic E-state index is 12.6. The fraction of sp³-hybridized carbons (Fsp3) is 0.105. The molecule has 0 spiro atoms. The Morgan fingerprint density at radius 2 is 1.78 bits per heavy atom. The summed E-state index contributed by atoms with van der Waals surface area (Å²) in [5, 5.41) is 15.4. The van der Waals surface area contributed by atoms with Crippen LogP contribution in [0.4, 0.5) is 5.69 Å². The van der Waals surface area contributed by atoms with Crippen LogP contribution >= 0.6 is 12.2 Å². The molecular formula is C19H15N3O8S2. The van der Waals surface area contributed by atoms with Crippen molar-refractivity contribution < 1.29 is 31.9 Å². The van der Waals surface area contributed by atoms with Crippen LogP contribution in [0.1, 0.15) is 12.5 Å². The summed E-state index contributed by atoms with van der Waals surface area (Å²) in [6, 6.07) is 8.46. The van der Waals surface area contributed by atoms with Crippen molar-refractivity contribution >= 4 is 51.0 Å². The van der Waals surface area contributed by atoms with Gasteiger partial charge in [-0.1, -0.05) is 12.1 Å². The van der Waals surface area contributed by atoms with Gasteiger partial charge in [-0.3, -0.25) is 30.3 Å². The molecule has 0 bridgehead atoms. The van der Waals surface area contributed by atoms with Crippen molar-refractivity contribution in [3.63, 3.8) is 0 Å². The summed E-state index contributed by atoms with van der Waals surface area (Å²) in [6.07, 6.45) is 1.27. The molecule has 1 aliphatic heterocycles. The number of nitrogens with one attached hydrogen (secondary N) is 2. The second kappa shape index (κ2) is 9.11. The van der Waals surface area contributed by atoms with Gasteiger partial charge < -0.3 is 8.92 Å². The van der Waals surface area contributed by atoms with Crippen molar-refractivity contribution in [3.05, 3.63) is 63.7 Å². The molecule has 2 aromatic carbocycles. The largest absolute Gasteiger partial charge is 0.490 e. The van der Waals surface area contributed by atoms with E-state index in [0.717, 1.165) is 18.2 Å². The first-order valence-electron chi connectivity index (χ1n) is 8.95. The van der Waals surface area contributed by atoms with Crippen LogP contribution in [-0.4, -0.2) is 36.9 Å². The molecule has 11 nitrogen and oxygen atoms in total. The first kappa shape index (κ1) is 22.8. The van der Waals surface area contributed by atoms with E-state index >= 15 is 0 Å². The quantitative estimate of drug-likeness (QED) is 0.151. The Bertz CT molecular complexity index is 1250. The molecular weight excluding hydrogens is 462 g/mol. The second-order valence-corrected chi connectivity index (χ2v) is 8.18. The van der Waals surface area contributed by atoms with Crippen LogP contribution in [0, 0.1) is 10.1 Å². The lowest BCUT2D eigenvalue weighted by atomic mass is 10.1. The Labute approximate surface area is 187 Å². The number of non-ortho nitro benzene ring substituents is 1. The number of amides is 2. The minimum Gasteiger partial charge on any atom is -0.490 e. The van der Waals surface area contributed by atoms with E-state index in [1.165, 1.54) is 30.3 Å². The Morgan fingerprint density at radius 3 is 2.41 bits per heavy atom. The van der Waals surface area contributed by atoms with Gasteiger partial charge in [-0.25, -0.2) is 0 Å². The number of rotatable bonds is 7. The van der Waals surface area contributed by atoms with Crippen LogP contribution in [0.2, 0.25) is 0 Å². The number of ether oxygens (including phenoxy) is 1. The number of thiocarbonyl (C=S) groups is 1. The fourth-order valence-corrected chi connectivity index (χ4v) is 3.81. The van der Waals surface area contributed by atoms with E-state index in [2.05, 4.69) is 10.6 Å². The first-order valence-corrected chi connectivity index (χ1v) is 10.8. The summed E-state index contributed by atoms with van der Waals surface area (Å²) in [5.41, 5.74) is -0.272. The van der Waals surface area contributed by atoms with E-state index in [9.17, 15) is 28.1 Å². The lowest BCUT2D eigenvalue weighted by Gasteiger charge is -2.16. The van der Waals surface area contributed by atoms with E-state index in [-0.39, 0.29) is 28.8 Å². The van der Waals surface area contributed by atoms with Gasteiger partial charge in [-0.15, -0.1) is 0 Å². The second-order valence-electron chi connectivity index (χ2n) is 6.23. The molecule has 1 aliphatic rings. The summed E-state index contributed by atoms with van der Waals surface area (Å²) in [6.45, 7) is 1.81. The van der Waals surface area contributed by atoms with Crippen LogP contribution in [0.5, 0.6) is 11.5 Å². The van der Waals surface area contributed by atoms with Gasteiger partial charge in [-0.05, 0) is 49.0 Å². The average molecular weight is 477 g/mol. The van der Waals surface area contributed by atoms with Crippen molar-refractivity contribution in [2.24, 2.45) is 0 Å². The molecule has 0 unspecified atom stereocenters. The highest BCUT2D eigenvalue weighted by molar-refractivity contribution is 7.87. The van der Waals surface area contributed by atoms with Crippen molar-refractivity contribution in [3.8, 4) is 11.5 Å². The minimum absolute atomic E-state index is 0.0167. The predicted molar refractivity (Wildman–Crippen MR) is 115 cm³/mol. The standard InChI is InChI=1S/C19H15N3O8S2/c1-2-29-16-9-11(8-14-17(23)20-19(31)21-18(14)24)6-7-15(16)30-32(27,28)13-5-3-4-12(10-13)22(25)26/h3-10H,2H2,1H3,(H2,20,21,23,24,31). The average Bonchev–Trinajstić information content (AvgIpc) is 2.72. The minimum atomic E-state index is -4.42. The third-order valence-electron chi connectivity index (χ3n) is 4.04. The van der Waals surface area contributed by atoms with Gasteiger partial charge in [0.2, 0.25) is 0 Å². The van der Waals surface area contributed by atoms with Crippen molar-refractivity contribution in [1.82, 2.24) is 10.6 Å². The highest BCUT2D eigenvalue weighted by Crippen LogP contribution is 2.32. The lowest BCUT2D eigenvalue weighted by Crippen LogP contribution is -2.51. The van der Waals surface area contributed by atoms with E-state index in [4.69, 9.17) is 21.1 Å². The molecule has 166 valence electrons. The molecule has 1 fully saturated rings. The monoisotopic (exact) mass is 477 g/mol. The third-order valence-corrected chi connectivity index (χ3v) is 5.47. The first-order chi connectivity index (χ1) is 15.1. The molecule has 1 heterocycles. The zero-order valence-electron chi connectivity index (χ0n) is 16.4. The maximum Gasteiger partial charge on any atom is 0.339 e. The van der Waals surface area contributed by atoms with Gasteiger partial charge in [0, 0.05) is 12.1 Å². The van der Waals surface area contributed by atoms with E-state index in [1.807, 2.05) is 0 Å². The van der Waals surface area contributed by atoms with Crippen molar-refractivity contribution in [1.29, 1.82) is 0 Å². The van der Waals surface area contributed by atoms with Crippen LogP contribution in [0.3, 0.4) is 0 Å². The molecule has 0 atom stereocenters. The van der Waals surface area contributed by atoms with Crippen molar-refractivity contribution in [2.75, 3.05) is 6.61 Å². The molecule has 2 amide bonds. The normalized spacial score (nSPS) is 13.8. The zero-order chi connectivity index (χ0) is 23.5. The highest BCUT2D eigenvalue weighted by atomic mass is 32.2. The summed E-state index contributed by atoms with van der Waals surface area (Å²) in [7, 11) is -4.42. The molecule has 3 rings (SSSR count). The molecule has 0 aliphatic carbocycles. The number of hydrogen-bond acceptors (Lipinski definition) is 9. The van der Waals surface area contributed by atoms with E-state index in [1.54, 1.807) is 6.92 Å². The topological polar surface area (TPSA) is 154 Å². The van der Waals surface area contributed by atoms with Crippen LogP contribution in [0.15, 0.2) is 52.9 Å². The number of hydrogen-bond donors (Lipinski definition) is 2. The Hall–Kier alpha value is -3.84. The molecule has 1 saturated heterocycles. The predicted octanol–water partition coefficient (Wildman–Crippen LogP) is 1.68. The van der Waals surface area contributed by atoms with Gasteiger partial charge in [-0.2, -0.15) is 8.42 Å². The molecule has 2 aromatic rings. The molecule has 0 saturated carbocycles. The van der Waals surface area contributed by atoms with Crippen LogP contribution in [-0.2, 0) is 19.7 Å². The summed E-state index contributed by atoms with van der Waals surface area (Å²) in [4.78, 5) is 33.8. The smallest absolute Gasteiger partial charge is 0.339 e. The Kier molecular flexibility index (Phi) is 6.50. The Morgan fingerprint density at radius 1 is 1.09 bits per heavy atom. The maximum atomic E-state index is 12.6.